The minimum absolute atomic E-state index is 0.0340. The predicted octanol–water partition coefficient (Wildman–Crippen LogP) is 4.58. The van der Waals surface area contributed by atoms with Gasteiger partial charge in [0.05, 0.1) is 30.0 Å². The Bertz CT molecular complexity index is 1600. The van der Waals surface area contributed by atoms with Crippen LogP contribution in [0.4, 0.5) is 15.8 Å². The maximum atomic E-state index is 13.5. The Morgan fingerprint density at radius 2 is 1.74 bits per heavy atom. The first-order valence-corrected chi connectivity index (χ1v) is 12.6. The average Bonchev–Trinajstić information content (AvgIpc) is 3.46. The molecule has 3 heterocycles. The van der Waals surface area contributed by atoms with Crippen LogP contribution in [-0.2, 0) is 16.1 Å². The van der Waals surface area contributed by atoms with Crippen molar-refractivity contribution in [3.63, 3.8) is 0 Å². The molecule has 1 aromatic heterocycles. The van der Waals surface area contributed by atoms with E-state index in [0.717, 1.165) is 5.56 Å². The van der Waals surface area contributed by atoms with E-state index in [2.05, 4.69) is 26.2 Å². The number of fused-ring (bicyclic) bond motifs is 1. The van der Waals surface area contributed by atoms with Gasteiger partial charge in [0.15, 0.2) is 6.04 Å². The lowest BCUT2D eigenvalue weighted by atomic mass is 9.92. The standard InChI is InChI=1S/C28H19BrFN5O3/c29-18-7-13-23-22(14-18)26(36)28(38)33(23)15-20-16-34(32-31-20)25-24(12-6-17-4-2-1-3-5-17)35(27(25)37)21-10-8-19(30)9-11-21/h1-14,16,24-25H,15H2/b12-6+/t24-,25+/m1/s1. The molecule has 0 radical (unpaired) electrons. The fourth-order valence-corrected chi connectivity index (χ4v) is 5.10. The van der Waals surface area contributed by atoms with Crippen LogP contribution >= 0.6 is 15.9 Å². The maximum Gasteiger partial charge on any atom is 0.299 e. The number of ketones is 1. The average molecular weight is 572 g/mol. The molecule has 0 saturated carbocycles. The Morgan fingerprint density at radius 3 is 2.50 bits per heavy atom. The summed E-state index contributed by atoms with van der Waals surface area (Å²) in [5.41, 5.74) is 2.79. The third-order valence-corrected chi connectivity index (χ3v) is 7.09. The summed E-state index contributed by atoms with van der Waals surface area (Å²) in [7, 11) is 0. The zero-order chi connectivity index (χ0) is 26.4. The first-order valence-electron chi connectivity index (χ1n) is 11.8. The van der Waals surface area contributed by atoms with Gasteiger partial charge < -0.3 is 4.90 Å². The van der Waals surface area contributed by atoms with Crippen molar-refractivity contribution in [2.75, 3.05) is 9.80 Å². The molecule has 4 aromatic rings. The number of Topliss-reactive ketones (excluding diaryl/α,β-unsaturated/α-hetero) is 1. The Hall–Kier alpha value is -4.44. The number of amides is 2. The van der Waals surface area contributed by atoms with Gasteiger partial charge in [0.25, 0.3) is 17.6 Å². The molecule has 2 aliphatic heterocycles. The summed E-state index contributed by atoms with van der Waals surface area (Å²) in [6, 6.07) is 19.4. The van der Waals surface area contributed by atoms with Crippen molar-refractivity contribution in [1.29, 1.82) is 0 Å². The van der Waals surface area contributed by atoms with Crippen LogP contribution in [0.5, 0.6) is 0 Å². The summed E-state index contributed by atoms with van der Waals surface area (Å²) in [5.74, 6) is -1.83. The molecule has 0 spiro atoms. The highest BCUT2D eigenvalue weighted by atomic mass is 79.9. The molecule has 6 rings (SSSR count). The first kappa shape index (κ1) is 23.9. The molecule has 2 amide bonds. The summed E-state index contributed by atoms with van der Waals surface area (Å²) in [6.07, 6.45) is 5.44. The Kier molecular flexibility index (Phi) is 5.96. The van der Waals surface area contributed by atoms with Gasteiger partial charge in [-0.1, -0.05) is 63.6 Å². The van der Waals surface area contributed by atoms with E-state index in [1.807, 2.05) is 42.5 Å². The van der Waals surface area contributed by atoms with E-state index in [9.17, 15) is 18.8 Å². The van der Waals surface area contributed by atoms with Crippen LogP contribution in [0.15, 0.2) is 89.5 Å². The molecule has 1 fully saturated rings. The molecule has 3 aromatic carbocycles. The summed E-state index contributed by atoms with van der Waals surface area (Å²) >= 11 is 3.33. The quantitative estimate of drug-likeness (QED) is 0.250. The van der Waals surface area contributed by atoms with Crippen LogP contribution in [0.3, 0.4) is 0 Å². The third-order valence-electron chi connectivity index (χ3n) is 6.60. The molecular weight excluding hydrogens is 553 g/mol. The molecule has 2 aliphatic rings. The molecular formula is C28H19BrFN5O3. The first-order chi connectivity index (χ1) is 18.4. The molecule has 1 saturated heterocycles. The Labute approximate surface area is 225 Å². The smallest absolute Gasteiger partial charge is 0.299 e. The van der Waals surface area contributed by atoms with E-state index in [4.69, 9.17) is 0 Å². The van der Waals surface area contributed by atoms with Crippen molar-refractivity contribution in [2.45, 2.75) is 18.6 Å². The maximum absolute atomic E-state index is 13.5. The van der Waals surface area contributed by atoms with Crippen LogP contribution in [-0.4, -0.2) is 38.6 Å². The molecule has 2 atom stereocenters. The number of hydrogen-bond donors (Lipinski definition) is 0. The number of anilines is 2. The minimum Gasteiger partial charge on any atom is -0.301 e. The zero-order valence-electron chi connectivity index (χ0n) is 19.7. The molecule has 0 bridgehead atoms. The molecule has 0 aliphatic carbocycles. The van der Waals surface area contributed by atoms with E-state index in [-0.39, 0.29) is 18.3 Å². The van der Waals surface area contributed by atoms with Crippen molar-refractivity contribution in [3.8, 4) is 0 Å². The van der Waals surface area contributed by atoms with Gasteiger partial charge >= 0.3 is 0 Å². The normalized spacial score (nSPS) is 18.8. The zero-order valence-corrected chi connectivity index (χ0v) is 21.3. The highest BCUT2D eigenvalue weighted by Gasteiger charge is 2.49. The Morgan fingerprint density at radius 1 is 0.974 bits per heavy atom. The number of hydrogen-bond acceptors (Lipinski definition) is 5. The van der Waals surface area contributed by atoms with E-state index >= 15 is 0 Å². The summed E-state index contributed by atoms with van der Waals surface area (Å²) in [6.45, 7) is 0.0340. The summed E-state index contributed by atoms with van der Waals surface area (Å²) < 4.78 is 15.7. The van der Waals surface area contributed by atoms with Crippen molar-refractivity contribution in [2.24, 2.45) is 0 Å². The van der Waals surface area contributed by atoms with Gasteiger partial charge in [-0.15, -0.1) is 5.10 Å². The largest absolute Gasteiger partial charge is 0.301 e. The number of aromatic nitrogens is 3. The highest BCUT2D eigenvalue weighted by molar-refractivity contribution is 9.10. The van der Waals surface area contributed by atoms with Crippen LogP contribution in [0, 0.1) is 5.82 Å². The number of halogens is 2. The van der Waals surface area contributed by atoms with Crippen molar-refractivity contribution < 1.29 is 18.8 Å². The summed E-state index contributed by atoms with van der Waals surface area (Å²) in [4.78, 5) is 41.3. The number of rotatable bonds is 6. The second-order valence-electron chi connectivity index (χ2n) is 8.96. The van der Waals surface area contributed by atoms with Gasteiger partial charge in [-0.3, -0.25) is 19.3 Å². The lowest BCUT2D eigenvalue weighted by molar-refractivity contribution is -0.128. The van der Waals surface area contributed by atoms with Gasteiger partial charge in [0.2, 0.25) is 0 Å². The fourth-order valence-electron chi connectivity index (χ4n) is 4.74. The predicted molar refractivity (Wildman–Crippen MR) is 142 cm³/mol. The number of benzene rings is 3. The van der Waals surface area contributed by atoms with Gasteiger partial charge in [-0.2, -0.15) is 0 Å². The monoisotopic (exact) mass is 571 g/mol. The van der Waals surface area contributed by atoms with Gasteiger partial charge in [0, 0.05) is 10.2 Å². The third kappa shape index (κ3) is 4.12. The summed E-state index contributed by atoms with van der Waals surface area (Å²) in [5, 5.41) is 8.37. The lowest BCUT2D eigenvalue weighted by Crippen LogP contribution is -2.61. The SMILES string of the molecule is O=C1C(=O)N(Cc2cn([C@@H]3C(=O)N(c4ccc(F)cc4)[C@@H]3/C=C/c3ccccc3)nn2)c2ccc(Br)cc21. The number of carbonyl (C=O) groups is 3. The van der Waals surface area contributed by atoms with E-state index in [1.54, 1.807) is 41.4 Å². The molecule has 10 heteroatoms. The van der Waals surface area contributed by atoms with Crippen molar-refractivity contribution in [1.82, 2.24) is 15.0 Å². The fraction of sp³-hybridized carbons (Fsp3) is 0.107. The van der Waals surface area contributed by atoms with E-state index in [0.29, 0.717) is 27.1 Å². The van der Waals surface area contributed by atoms with E-state index < -0.39 is 23.8 Å². The Balaban J connectivity index is 1.28. The second kappa shape index (κ2) is 9.46. The van der Waals surface area contributed by atoms with Crippen LogP contribution in [0.1, 0.15) is 27.7 Å². The molecule has 8 nitrogen and oxygen atoms in total. The van der Waals surface area contributed by atoms with Crippen LogP contribution in [0.25, 0.3) is 6.08 Å². The molecule has 188 valence electrons. The van der Waals surface area contributed by atoms with Gasteiger partial charge in [-0.05, 0) is 48.0 Å². The molecule has 0 unspecified atom stereocenters. The van der Waals surface area contributed by atoms with E-state index in [1.165, 1.54) is 21.7 Å². The van der Waals surface area contributed by atoms with Gasteiger partial charge in [0.1, 0.15) is 11.5 Å². The number of carbonyl (C=O) groups excluding carboxylic acids is 3. The van der Waals surface area contributed by atoms with Crippen LogP contribution < -0.4 is 9.80 Å². The minimum atomic E-state index is -0.680. The highest BCUT2D eigenvalue weighted by Crippen LogP contribution is 2.37. The lowest BCUT2D eigenvalue weighted by Gasteiger charge is -2.45. The van der Waals surface area contributed by atoms with Gasteiger partial charge in [-0.25, -0.2) is 9.07 Å². The van der Waals surface area contributed by atoms with Crippen LogP contribution in [0.2, 0.25) is 0 Å². The second-order valence-corrected chi connectivity index (χ2v) is 9.88. The van der Waals surface area contributed by atoms with Crippen molar-refractivity contribution in [3.05, 3.63) is 112 Å². The topological polar surface area (TPSA) is 88.4 Å². The number of β-lactam (4-membered cyclic amide) rings is 1. The molecule has 38 heavy (non-hydrogen) atoms. The van der Waals surface area contributed by atoms with Crippen molar-refractivity contribution >= 4 is 51.0 Å². The number of nitrogens with zero attached hydrogens (tertiary/aromatic N) is 5. The molecule has 0 N–H and O–H groups in total.